The first-order valence-electron chi connectivity index (χ1n) is 9.37. The molecule has 5 nitrogen and oxygen atoms in total. The Balaban J connectivity index is 1.55. The lowest BCUT2D eigenvalue weighted by Gasteiger charge is -2.32. The molecule has 0 aromatic heterocycles. The molecule has 0 radical (unpaired) electrons. The predicted octanol–water partition coefficient (Wildman–Crippen LogP) is 3.42. The summed E-state index contributed by atoms with van der Waals surface area (Å²) in [5.41, 5.74) is 1.66. The maximum Gasteiger partial charge on any atom is 0.257 e. The maximum atomic E-state index is 12.8. The van der Waals surface area contributed by atoms with Gasteiger partial charge >= 0.3 is 0 Å². The van der Waals surface area contributed by atoms with Crippen molar-refractivity contribution in [2.75, 3.05) is 20.2 Å². The van der Waals surface area contributed by atoms with E-state index in [0.717, 1.165) is 5.56 Å². The number of para-hydroxylation sites is 1. The standard InChI is InChI=1S/C22H26N2O3/c1-16(17-8-4-3-5-9-17)23-21(25)18-12-14-24(15-13-18)22(26)19-10-6-7-11-20(19)27-2/h3-11,16,18H,12-15H2,1-2H3,(H,23,25). The third-order valence-corrected chi connectivity index (χ3v) is 5.15. The minimum absolute atomic E-state index is 0.0214. The van der Waals surface area contributed by atoms with Crippen molar-refractivity contribution in [3.05, 3.63) is 65.7 Å². The minimum Gasteiger partial charge on any atom is -0.496 e. The van der Waals surface area contributed by atoms with E-state index in [9.17, 15) is 9.59 Å². The van der Waals surface area contributed by atoms with Gasteiger partial charge in [-0.25, -0.2) is 0 Å². The molecule has 2 aromatic rings. The fourth-order valence-electron chi connectivity index (χ4n) is 3.49. The van der Waals surface area contributed by atoms with Crippen molar-refractivity contribution in [3.63, 3.8) is 0 Å². The average molecular weight is 366 g/mol. The Morgan fingerprint density at radius 2 is 1.67 bits per heavy atom. The van der Waals surface area contributed by atoms with Crippen LogP contribution in [-0.2, 0) is 4.79 Å². The molecule has 1 atom stereocenters. The Morgan fingerprint density at radius 1 is 1.04 bits per heavy atom. The monoisotopic (exact) mass is 366 g/mol. The molecule has 1 heterocycles. The summed E-state index contributed by atoms with van der Waals surface area (Å²) in [6, 6.07) is 17.2. The number of hydrogen-bond donors (Lipinski definition) is 1. The molecule has 5 heteroatoms. The number of nitrogens with zero attached hydrogens (tertiary/aromatic N) is 1. The fraction of sp³-hybridized carbons (Fsp3) is 0.364. The lowest BCUT2D eigenvalue weighted by atomic mass is 9.94. The number of piperidine rings is 1. The number of amides is 2. The second kappa shape index (κ2) is 8.71. The Kier molecular flexibility index (Phi) is 6.12. The maximum absolute atomic E-state index is 12.8. The molecule has 0 bridgehead atoms. The van der Waals surface area contributed by atoms with Crippen molar-refractivity contribution in [1.82, 2.24) is 10.2 Å². The van der Waals surface area contributed by atoms with Crippen LogP contribution in [0, 0.1) is 5.92 Å². The number of nitrogens with one attached hydrogen (secondary N) is 1. The van der Waals surface area contributed by atoms with Crippen LogP contribution in [0.5, 0.6) is 5.75 Å². The number of hydrogen-bond acceptors (Lipinski definition) is 3. The highest BCUT2D eigenvalue weighted by Crippen LogP contribution is 2.24. The van der Waals surface area contributed by atoms with E-state index in [-0.39, 0.29) is 23.8 Å². The van der Waals surface area contributed by atoms with Crippen molar-refractivity contribution in [1.29, 1.82) is 0 Å². The third kappa shape index (κ3) is 4.48. The summed E-state index contributed by atoms with van der Waals surface area (Å²) in [5, 5.41) is 3.10. The number of likely N-dealkylation sites (tertiary alicyclic amines) is 1. The highest BCUT2D eigenvalue weighted by atomic mass is 16.5. The van der Waals surface area contributed by atoms with Crippen molar-refractivity contribution in [2.24, 2.45) is 5.92 Å². The van der Waals surface area contributed by atoms with E-state index in [1.54, 1.807) is 19.2 Å². The molecule has 2 aromatic carbocycles. The molecule has 2 amide bonds. The zero-order valence-electron chi connectivity index (χ0n) is 15.9. The molecule has 1 fully saturated rings. The number of methoxy groups -OCH3 is 1. The molecule has 0 saturated carbocycles. The number of carbonyl (C=O) groups excluding carboxylic acids is 2. The summed E-state index contributed by atoms with van der Waals surface area (Å²) < 4.78 is 5.29. The van der Waals surface area contributed by atoms with Crippen molar-refractivity contribution in [2.45, 2.75) is 25.8 Å². The van der Waals surface area contributed by atoms with Crippen molar-refractivity contribution >= 4 is 11.8 Å². The molecule has 27 heavy (non-hydrogen) atoms. The highest BCUT2D eigenvalue weighted by molar-refractivity contribution is 5.97. The molecule has 1 saturated heterocycles. The molecular formula is C22H26N2O3. The minimum atomic E-state index is -0.0575. The van der Waals surface area contributed by atoms with Crippen LogP contribution in [0.4, 0.5) is 0 Å². The van der Waals surface area contributed by atoms with E-state index in [0.29, 0.717) is 37.2 Å². The van der Waals surface area contributed by atoms with Crippen molar-refractivity contribution in [3.8, 4) is 5.75 Å². The van der Waals surface area contributed by atoms with Gasteiger partial charge in [0.2, 0.25) is 5.91 Å². The van der Waals surface area contributed by atoms with E-state index in [4.69, 9.17) is 4.74 Å². The van der Waals surface area contributed by atoms with Gasteiger partial charge in [-0.15, -0.1) is 0 Å². The summed E-state index contributed by atoms with van der Waals surface area (Å²) in [6.07, 6.45) is 1.35. The molecular weight excluding hydrogens is 340 g/mol. The summed E-state index contributed by atoms with van der Waals surface area (Å²) >= 11 is 0. The predicted molar refractivity (Wildman–Crippen MR) is 105 cm³/mol. The molecule has 142 valence electrons. The van der Waals surface area contributed by atoms with Gasteiger partial charge in [0.05, 0.1) is 18.7 Å². The normalized spacial score (nSPS) is 15.9. The van der Waals surface area contributed by atoms with Crippen LogP contribution in [0.15, 0.2) is 54.6 Å². The van der Waals surface area contributed by atoms with Crippen LogP contribution in [0.1, 0.15) is 41.7 Å². The largest absolute Gasteiger partial charge is 0.496 e. The summed E-state index contributed by atoms with van der Waals surface area (Å²) in [5.74, 6) is 0.552. The van der Waals surface area contributed by atoms with Gasteiger partial charge in [-0.2, -0.15) is 0 Å². The zero-order chi connectivity index (χ0) is 19.2. The first-order chi connectivity index (χ1) is 13.1. The van der Waals surface area contributed by atoms with Crippen LogP contribution in [-0.4, -0.2) is 36.9 Å². The van der Waals surface area contributed by atoms with Gasteiger partial charge in [0.1, 0.15) is 5.75 Å². The number of rotatable bonds is 5. The zero-order valence-corrected chi connectivity index (χ0v) is 15.9. The van der Waals surface area contributed by atoms with E-state index in [2.05, 4.69) is 5.32 Å². The molecule has 0 spiro atoms. The van der Waals surface area contributed by atoms with Gasteiger partial charge in [0, 0.05) is 19.0 Å². The number of ether oxygens (including phenoxy) is 1. The van der Waals surface area contributed by atoms with Crippen LogP contribution in [0.25, 0.3) is 0 Å². The quantitative estimate of drug-likeness (QED) is 0.882. The van der Waals surface area contributed by atoms with Gasteiger partial charge in [-0.1, -0.05) is 42.5 Å². The summed E-state index contributed by atoms with van der Waals surface area (Å²) in [6.45, 7) is 3.15. The van der Waals surface area contributed by atoms with Crippen molar-refractivity contribution < 1.29 is 14.3 Å². The second-order valence-corrected chi connectivity index (χ2v) is 6.91. The van der Waals surface area contributed by atoms with Gasteiger partial charge < -0.3 is 15.0 Å². The fourth-order valence-corrected chi connectivity index (χ4v) is 3.49. The molecule has 1 unspecified atom stereocenters. The van der Waals surface area contributed by atoms with Crippen LogP contribution >= 0.6 is 0 Å². The number of carbonyl (C=O) groups is 2. The topological polar surface area (TPSA) is 58.6 Å². The lowest BCUT2D eigenvalue weighted by Crippen LogP contribution is -2.43. The lowest BCUT2D eigenvalue weighted by molar-refractivity contribution is -0.127. The first-order valence-corrected chi connectivity index (χ1v) is 9.37. The Morgan fingerprint density at radius 3 is 2.33 bits per heavy atom. The second-order valence-electron chi connectivity index (χ2n) is 6.91. The van der Waals surface area contributed by atoms with E-state index >= 15 is 0 Å². The molecule has 1 N–H and O–H groups in total. The SMILES string of the molecule is COc1ccccc1C(=O)N1CCC(C(=O)NC(C)c2ccccc2)CC1. The van der Waals surface area contributed by atoms with Crippen LogP contribution in [0.3, 0.4) is 0 Å². The average Bonchev–Trinajstić information content (AvgIpc) is 2.73. The Hall–Kier alpha value is -2.82. The Bertz CT molecular complexity index is 783. The smallest absolute Gasteiger partial charge is 0.257 e. The summed E-state index contributed by atoms with van der Waals surface area (Å²) in [7, 11) is 1.57. The Labute approximate surface area is 160 Å². The molecule has 1 aliphatic heterocycles. The van der Waals surface area contributed by atoms with Gasteiger partial charge in [-0.3, -0.25) is 9.59 Å². The van der Waals surface area contributed by atoms with E-state index in [1.165, 1.54) is 0 Å². The van der Waals surface area contributed by atoms with E-state index in [1.807, 2.05) is 54.3 Å². The molecule has 3 rings (SSSR count). The van der Waals surface area contributed by atoms with Gasteiger partial charge in [0.15, 0.2) is 0 Å². The van der Waals surface area contributed by atoms with Gasteiger partial charge in [0.25, 0.3) is 5.91 Å². The first kappa shape index (κ1) is 19.0. The van der Waals surface area contributed by atoms with E-state index < -0.39 is 0 Å². The number of benzene rings is 2. The van der Waals surface area contributed by atoms with Gasteiger partial charge in [-0.05, 0) is 37.5 Å². The summed E-state index contributed by atoms with van der Waals surface area (Å²) in [4.78, 5) is 27.2. The molecule has 0 aliphatic carbocycles. The highest BCUT2D eigenvalue weighted by Gasteiger charge is 2.29. The van der Waals surface area contributed by atoms with Crippen LogP contribution < -0.4 is 10.1 Å². The van der Waals surface area contributed by atoms with Crippen LogP contribution in [0.2, 0.25) is 0 Å². The third-order valence-electron chi connectivity index (χ3n) is 5.15. The molecule has 1 aliphatic rings.